The monoisotopic (exact) mass is 381 g/mol. The summed E-state index contributed by atoms with van der Waals surface area (Å²) in [6.07, 6.45) is 8.64. The normalized spacial score (nSPS) is 11.0. The van der Waals surface area contributed by atoms with Crippen LogP contribution in [0, 0.1) is 5.82 Å². The number of rotatable bonds is 6. The molecule has 7 heteroatoms. The van der Waals surface area contributed by atoms with Crippen molar-refractivity contribution in [3.63, 3.8) is 0 Å². The average Bonchev–Trinajstić information content (AvgIpc) is 3.07. The van der Waals surface area contributed by atoms with E-state index < -0.39 is 0 Å². The van der Waals surface area contributed by atoms with E-state index in [9.17, 15) is 4.39 Å². The van der Waals surface area contributed by atoms with Gasteiger partial charge in [0.1, 0.15) is 11.5 Å². The molecule has 0 radical (unpaired) electrons. The lowest BCUT2D eigenvalue weighted by Crippen LogP contribution is -2.08. The van der Waals surface area contributed by atoms with Crippen LogP contribution in [-0.2, 0) is 12.8 Å². The molecule has 4 rings (SSSR count). The van der Waals surface area contributed by atoms with Crippen molar-refractivity contribution in [2.45, 2.75) is 12.8 Å². The number of nitrogens with one attached hydrogen (secondary N) is 2. The van der Waals surface area contributed by atoms with Crippen LogP contribution < -0.4 is 5.32 Å². The number of halogens is 2. The molecule has 0 amide bonds. The molecular weight excluding hydrogens is 365 g/mol. The Morgan fingerprint density at radius 3 is 2.56 bits per heavy atom. The highest BCUT2D eigenvalue weighted by Gasteiger charge is 2.07. The molecule has 3 aromatic heterocycles. The van der Waals surface area contributed by atoms with E-state index in [0.717, 1.165) is 34.1 Å². The minimum absolute atomic E-state index is 0.223. The summed E-state index contributed by atoms with van der Waals surface area (Å²) >= 11 is 6.04. The van der Waals surface area contributed by atoms with Crippen molar-refractivity contribution in [2.75, 3.05) is 11.9 Å². The van der Waals surface area contributed by atoms with Crippen molar-refractivity contribution >= 4 is 28.6 Å². The second kappa shape index (κ2) is 7.72. The third-order valence-corrected chi connectivity index (χ3v) is 4.50. The lowest BCUT2D eigenvalue weighted by molar-refractivity contribution is 0.627. The van der Waals surface area contributed by atoms with Gasteiger partial charge >= 0.3 is 0 Å². The summed E-state index contributed by atoms with van der Waals surface area (Å²) in [5, 5.41) is 4.80. The summed E-state index contributed by atoms with van der Waals surface area (Å²) in [5.41, 5.74) is 3.97. The Morgan fingerprint density at radius 2 is 1.78 bits per heavy atom. The van der Waals surface area contributed by atoms with Crippen LogP contribution in [-0.4, -0.2) is 26.5 Å². The molecule has 27 heavy (non-hydrogen) atoms. The minimum atomic E-state index is -0.223. The number of aromatic amines is 1. The van der Waals surface area contributed by atoms with Crippen molar-refractivity contribution < 1.29 is 4.39 Å². The Labute approximate surface area is 160 Å². The van der Waals surface area contributed by atoms with Gasteiger partial charge in [-0.25, -0.2) is 19.3 Å². The second-order valence-electron chi connectivity index (χ2n) is 6.26. The zero-order chi connectivity index (χ0) is 18.6. The summed E-state index contributed by atoms with van der Waals surface area (Å²) in [6.45, 7) is 0.678. The lowest BCUT2D eigenvalue weighted by atomic mass is 10.1. The molecule has 0 aliphatic carbocycles. The van der Waals surface area contributed by atoms with E-state index in [-0.39, 0.29) is 5.82 Å². The first kappa shape index (κ1) is 17.4. The number of pyridine rings is 1. The van der Waals surface area contributed by atoms with Crippen molar-refractivity contribution in [1.82, 2.24) is 19.9 Å². The van der Waals surface area contributed by atoms with E-state index in [1.54, 1.807) is 18.3 Å². The molecule has 0 saturated heterocycles. The molecule has 2 N–H and O–H groups in total. The molecule has 0 saturated carbocycles. The molecule has 0 atom stereocenters. The van der Waals surface area contributed by atoms with Crippen LogP contribution in [0.4, 0.5) is 10.3 Å². The van der Waals surface area contributed by atoms with Crippen LogP contribution in [0.15, 0.2) is 55.1 Å². The van der Waals surface area contributed by atoms with Crippen molar-refractivity contribution in [3.05, 3.63) is 82.6 Å². The van der Waals surface area contributed by atoms with Gasteiger partial charge in [0, 0.05) is 43.1 Å². The zero-order valence-electron chi connectivity index (χ0n) is 14.4. The largest absolute Gasteiger partial charge is 0.354 e. The molecule has 0 unspecified atom stereocenters. The number of nitrogens with zero attached hydrogens (tertiary/aromatic N) is 3. The van der Waals surface area contributed by atoms with E-state index in [4.69, 9.17) is 11.6 Å². The predicted molar refractivity (Wildman–Crippen MR) is 105 cm³/mol. The van der Waals surface area contributed by atoms with Crippen LogP contribution in [0.3, 0.4) is 0 Å². The topological polar surface area (TPSA) is 66.5 Å². The zero-order valence-corrected chi connectivity index (χ0v) is 15.2. The maximum absolute atomic E-state index is 12.9. The third kappa shape index (κ3) is 4.23. The second-order valence-corrected chi connectivity index (χ2v) is 6.69. The molecular formula is C20H17ClFN5. The summed E-state index contributed by atoms with van der Waals surface area (Å²) in [7, 11) is 0. The Balaban J connectivity index is 1.37. The highest BCUT2D eigenvalue weighted by molar-refractivity contribution is 6.31. The molecule has 4 aromatic rings. The van der Waals surface area contributed by atoms with Gasteiger partial charge < -0.3 is 10.3 Å². The standard InChI is InChI=1S/C20H17ClFN5/c21-16-8-18-15(11-24-19(18)25-12-16)7-14-9-26-20(27-10-14)23-6-5-13-1-3-17(22)4-2-13/h1-4,8-12H,5-7H2,(H,24,25)(H,23,26,27). The van der Waals surface area contributed by atoms with E-state index >= 15 is 0 Å². The van der Waals surface area contributed by atoms with Gasteiger partial charge in [-0.1, -0.05) is 23.7 Å². The number of aromatic nitrogens is 4. The van der Waals surface area contributed by atoms with Crippen molar-refractivity contribution in [3.8, 4) is 0 Å². The first-order valence-corrected chi connectivity index (χ1v) is 8.96. The predicted octanol–water partition coefficient (Wildman–Crippen LogP) is 4.39. The number of H-pyrrole nitrogens is 1. The smallest absolute Gasteiger partial charge is 0.222 e. The SMILES string of the molecule is Fc1ccc(CCNc2ncc(Cc3c[nH]c4ncc(Cl)cc34)cn2)cc1. The third-order valence-electron chi connectivity index (χ3n) is 4.29. The van der Waals surface area contributed by atoms with Gasteiger partial charge in [0.15, 0.2) is 0 Å². The molecule has 0 aliphatic rings. The van der Waals surface area contributed by atoms with Crippen LogP contribution in [0.1, 0.15) is 16.7 Å². The van der Waals surface area contributed by atoms with Crippen molar-refractivity contribution in [1.29, 1.82) is 0 Å². The van der Waals surface area contributed by atoms with Crippen LogP contribution in [0.25, 0.3) is 11.0 Å². The maximum Gasteiger partial charge on any atom is 0.222 e. The lowest BCUT2D eigenvalue weighted by Gasteiger charge is -2.06. The summed E-state index contributed by atoms with van der Waals surface area (Å²) < 4.78 is 12.9. The molecule has 0 fully saturated rings. The summed E-state index contributed by atoms with van der Waals surface area (Å²) in [5.74, 6) is 0.350. The van der Waals surface area contributed by atoms with Gasteiger partial charge in [-0.15, -0.1) is 0 Å². The highest BCUT2D eigenvalue weighted by Crippen LogP contribution is 2.22. The highest BCUT2D eigenvalue weighted by atomic mass is 35.5. The number of hydrogen-bond acceptors (Lipinski definition) is 4. The number of hydrogen-bond donors (Lipinski definition) is 2. The van der Waals surface area contributed by atoms with E-state index in [2.05, 4.69) is 25.3 Å². The van der Waals surface area contributed by atoms with E-state index in [1.165, 1.54) is 12.1 Å². The molecule has 3 heterocycles. The molecule has 0 spiro atoms. The van der Waals surface area contributed by atoms with Gasteiger partial charge in [0.25, 0.3) is 0 Å². The van der Waals surface area contributed by atoms with Gasteiger partial charge in [0.05, 0.1) is 5.02 Å². The molecule has 0 aliphatic heterocycles. The van der Waals surface area contributed by atoms with Crippen LogP contribution in [0.5, 0.6) is 0 Å². The van der Waals surface area contributed by atoms with Gasteiger partial charge in [0.2, 0.25) is 5.95 Å². The molecule has 0 bridgehead atoms. The van der Waals surface area contributed by atoms with Crippen LogP contribution in [0.2, 0.25) is 5.02 Å². The van der Waals surface area contributed by atoms with Crippen molar-refractivity contribution in [2.24, 2.45) is 0 Å². The Kier molecular flexibility index (Phi) is 4.98. The fourth-order valence-electron chi connectivity index (χ4n) is 2.91. The van der Waals surface area contributed by atoms with Gasteiger partial charge in [-0.2, -0.15) is 0 Å². The average molecular weight is 382 g/mol. The Bertz CT molecular complexity index is 1040. The maximum atomic E-state index is 12.9. The van der Waals surface area contributed by atoms with E-state index in [1.807, 2.05) is 24.7 Å². The quantitative estimate of drug-likeness (QED) is 0.519. The summed E-state index contributed by atoms with van der Waals surface area (Å²) in [4.78, 5) is 16.2. The Hall–Kier alpha value is -2.99. The Morgan fingerprint density at radius 1 is 1.00 bits per heavy atom. The van der Waals surface area contributed by atoms with Gasteiger partial charge in [-0.05, 0) is 41.3 Å². The minimum Gasteiger partial charge on any atom is -0.354 e. The van der Waals surface area contributed by atoms with Gasteiger partial charge in [-0.3, -0.25) is 0 Å². The molecule has 5 nitrogen and oxygen atoms in total. The van der Waals surface area contributed by atoms with Crippen LogP contribution >= 0.6 is 11.6 Å². The number of benzene rings is 1. The first-order valence-electron chi connectivity index (χ1n) is 8.58. The number of anilines is 1. The number of fused-ring (bicyclic) bond motifs is 1. The first-order chi connectivity index (χ1) is 13.2. The summed E-state index contributed by atoms with van der Waals surface area (Å²) in [6, 6.07) is 8.40. The van der Waals surface area contributed by atoms with E-state index in [0.29, 0.717) is 23.9 Å². The fourth-order valence-corrected chi connectivity index (χ4v) is 3.06. The molecule has 1 aromatic carbocycles. The fraction of sp³-hybridized carbons (Fsp3) is 0.150. The molecule has 136 valence electrons.